The van der Waals surface area contributed by atoms with Crippen molar-refractivity contribution in [2.75, 3.05) is 13.7 Å². The number of amides is 1. The summed E-state index contributed by atoms with van der Waals surface area (Å²) >= 11 is 0. The summed E-state index contributed by atoms with van der Waals surface area (Å²) in [7, 11) is -1.25. The van der Waals surface area contributed by atoms with Crippen LogP contribution in [0.3, 0.4) is 0 Å². The maximum atomic E-state index is 12.5. The van der Waals surface area contributed by atoms with Crippen LogP contribution < -0.4 is 10.4 Å². The first-order valence-electron chi connectivity index (χ1n) is 12.1. The third-order valence-corrected chi connectivity index (χ3v) is 11.1. The number of ether oxygens (including phenoxy) is 1. The molecule has 0 spiro atoms. The van der Waals surface area contributed by atoms with E-state index in [2.05, 4.69) is 45.0 Å². The van der Waals surface area contributed by atoms with Crippen LogP contribution in [-0.4, -0.2) is 55.7 Å². The van der Waals surface area contributed by atoms with Crippen LogP contribution in [0.15, 0.2) is 60.7 Å². The SMILES string of the molecule is C[C@H](CO[Si](c1ccccc1)(c1ccccc1)C(C)(C)C)C[C@@H](C(=O)O)N(C)C(=O)OC(C)(C)C. The summed E-state index contributed by atoms with van der Waals surface area (Å²) in [5.41, 5.74) is -0.702. The standard InChI is InChI=1S/C28H41NO5Si/c1-21(19-24(25(30)31)29(8)26(32)34-27(2,3)4)20-33-35(28(5,6)7,22-15-11-9-12-16-22)23-17-13-10-14-18-23/h9-18,21,24H,19-20H2,1-8H3,(H,30,31)/t21-,24-/m0/s1. The van der Waals surface area contributed by atoms with E-state index >= 15 is 0 Å². The number of rotatable bonds is 9. The van der Waals surface area contributed by atoms with Crippen LogP contribution in [-0.2, 0) is 14.0 Å². The van der Waals surface area contributed by atoms with Gasteiger partial charge in [0.05, 0.1) is 0 Å². The van der Waals surface area contributed by atoms with Crippen molar-refractivity contribution < 1.29 is 23.9 Å². The summed E-state index contributed by atoms with van der Waals surface area (Å²) in [6.07, 6.45) is -0.395. The van der Waals surface area contributed by atoms with Gasteiger partial charge in [-0.3, -0.25) is 4.90 Å². The zero-order chi connectivity index (χ0) is 26.4. The number of carboxylic acids is 1. The molecule has 0 bridgehead atoms. The molecule has 0 unspecified atom stereocenters. The molecular weight excluding hydrogens is 458 g/mol. The Hall–Kier alpha value is -2.64. The third kappa shape index (κ3) is 7.18. The summed E-state index contributed by atoms with van der Waals surface area (Å²) in [6.45, 7) is 14.2. The number of likely N-dealkylation sites (N-methyl/N-ethyl adjacent to an activating group) is 1. The van der Waals surface area contributed by atoms with Gasteiger partial charge in [0.25, 0.3) is 8.32 Å². The van der Waals surface area contributed by atoms with Crippen molar-refractivity contribution in [3.63, 3.8) is 0 Å². The quantitative estimate of drug-likeness (QED) is 0.496. The Kier molecular flexibility index (Phi) is 9.31. The molecule has 1 amide bonds. The van der Waals surface area contributed by atoms with E-state index in [9.17, 15) is 14.7 Å². The molecule has 0 radical (unpaired) electrons. The molecule has 192 valence electrons. The number of aliphatic carboxylic acids is 1. The van der Waals surface area contributed by atoms with Crippen LogP contribution in [0.4, 0.5) is 4.79 Å². The highest BCUT2D eigenvalue weighted by molar-refractivity contribution is 6.99. The molecule has 2 atom stereocenters. The number of hydrogen-bond acceptors (Lipinski definition) is 4. The summed E-state index contributed by atoms with van der Waals surface area (Å²) < 4.78 is 12.3. The second kappa shape index (κ2) is 11.4. The van der Waals surface area contributed by atoms with Crippen molar-refractivity contribution in [2.45, 2.75) is 71.6 Å². The Balaban J connectivity index is 2.32. The largest absolute Gasteiger partial charge is 0.480 e. The van der Waals surface area contributed by atoms with Crippen LogP contribution in [0.1, 0.15) is 54.9 Å². The predicted molar refractivity (Wildman–Crippen MR) is 143 cm³/mol. The molecule has 2 rings (SSSR count). The molecule has 6 nitrogen and oxygen atoms in total. The first-order valence-corrected chi connectivity index (χ1v) is 14.0. The second-order valence-corrected chi connectivity index (χ2v) is 15.6. The summed E-state index contributed by atoms with van der Waals surface area (Å²) in [6, 6.07) is 19.7. The van der Waals surface area contributed by atoms with Crippen molar-refractivity contribution in [2.24, 2.45) is 5.92 Å². The van der Waals surface area contributed by atoms with Gasteiger partial charge in [0, 0.05) is 13.7 Å². The van der Waals surface area contributed by atoms with E-state index in [-0.39, 0.29) is 17.4 Å². The fraction of sp³-hybridized carbons (Fsp3) is 0.500. The van der Waals surface area contributed by atoms with E-state index in [0.29, 0.717) is 6.61 Å². The van der Waals surface area contributed by atoms with Crippen molar-refractivity contribution >= 4 is 30.8 Å². The number of nitrogens with zero attached hydrogens (tertiary/aromatic N) is 1. The molecule has 0 saturated carbocycles. The van der Waals surface area contributed by atoms with E-state index in [0.717, 1.165) is 0 Å². The summed E-state index contributed by atoms with van der Waals surface area (Å²) in [4.78, 5) is 25.8. The Morgan fingerprint density at radius 2 is 1.37 bits per heavy atom. The number of carbonyl (C=O) groups excluding carboxylic acids is 1. The fourth-order valence-electron chi connectivity index (χ4n) is 4.36. The van der Waals surface area contributed by atoms with Crippen LogP contribution in [0.5, 0.6) is 0 Å². The topological polar surface area (TPSA) is 76.1 Å². The van der Waals surface area contributed by atoms with Crippen LogP contribution in [0, 0.1) is 5.92 Å². The van der Waals surface area contributed by atoms with Crippen LogP contribution >= 0.6 is 0 Å². The molecule has 0 fully saturated rings. The maximum Gasteiger partial charge on any atom is 0.410 e. The monoisotopic (exact) mass is 499 g/mol. The lowest BCUT2D eigenvalue weighted by Gasteiger charge is -2.43. The Labute approximate surface area is 211 Å². The van der Waals surface area contributed by atoms with Crippen molar-refractivity contribution in [3.05, 3.63) is 60.7 Å². The number of carboxylic acid groups (broad SMARTS) is 1. The molecule has 0 heterocycles. The lowest BCUT2D eigenvalue weighted by molar-refractivity contribution is -0.143. The van der Waals surface area contributed by atoms with Gasteiger partial charge in [-0.2, -0.15) is 0 Å². The van der Waals surface area contributed by atoms with Crippen molar-refractivity contribution in [3.8, 4) is 0 Å². The third-order valence-electron chi connectivity index (χ3n) is 6.06. The van der Waals surface area contributed by atoms with Gasteiger partial charge in [0.2, 0.25) is 0 Å². The maximum absolute atomic E-state index is 12.5. The highest BCUT2D eigenvalue weighted by atomic mass is 28.4. The molecule has 2 aromatic rings. The molecule has 1 N–H and O–H groups in total. The molecule has 35 heavy (non-hydrogen) atoms. The van der Waals surface area contributed by atoms with Gasteiger partial charge < -0.3 is 14.3 Å². The highest BCUT2D eigenvalue weighted by Gasteiger charge is 2.50. The van der Waals surface area contributed by atoms with Gasteiger partial charge >= 0.3 is 12.1 Å². The first kappa shape index (κ1) is 28.6. The molecule has 0 aromatic heterocycles. The second-order valence-electron chi connectivity index (χ2n) is 11.3. The van der Waals surface area contributed by atoms with Gasteiger partial charge in [0.1, 0.15) is 11.6 Å². The van der Waals surface area contributed by atoms with Gasteiger partial charge in [-0.25, -0.2) is 9.59 Å². The molecule has 7 heteroatoms. The molecule has 2 aromatic carbocycles. The van der Waals surface area contributed by atoms with E-state index in [1.54, 1.807) is 20.8 Å². The lowest BCUT2D eigenvalue weighted by atomic mass is 10.0. The van der Waals surface area contributed by atoms with Crippen molar-refractivity contribution in [1.82, 2.24) is 4.90 Å². The van der Waals surface area contributed by atoms with Crippen LogP contribution in [0.2, 0.25) is 5.04 Å². The van der Waals surface area contributed by atoms with Gasteiger partial charge in [-0.05, 0) is 48.5 Å². The van der Waals surface area contributed by atoms with Gasteiger partial charge in [-0.1, -0.05) is 88.4 Å². The van der Waals surface area contributed by atoms with Gasteiger partial charge in [0.15, 0.2) is 0 Å². The fourth-order valence-corrected chi connectivity index (χ4v) is 9.05. The Morgan fingerprint density at radius 1 is 0.914 bits per heavy atom. The molecule has 0 saturated heterocycles. The zero-order valence-electron chi connectivity index (χ0n) is 22.4. The molecule has 0 aliphatic carbocycles. The zero-order valence-corrected chi connectivity index (χ0v) is 23.4. The minimum atomic E-state index is -2.72. The molecule has 0 aliphatic rings. The number of benzene rings is 2. The average molecular weight is 500 g/mol. The van der Waals surface area contributed by atoms with E-state index < -0.39 is 32.0 Å². The minimum Gasteiger partial charge on any atom is -0.480 e. The summed E-state index contributed by atoms with van der Waals surface area (Å²) in [5.74, 6) is -1.17. The molecular formula is C28H41NO5Si. The Morgan fingerprint density at radius 3 is 1.74 bits per heavy atom. The molecule has 0 aliphatic heterocycles. The van der Waals surface area contributed by atoms with Crippen LogP contribution in [0.25, 0.3) is 0 Å². The Bertz CT molecular complexity index is 927. The van der Waals surface area contributed by atoms with E-state index in [4.69, 9.17) is 9.16 Å². The van der Waals surface area contributed by atoms with Gasteiger partial charge in [-0.15, -0.1) is 0 Å². The normalized spacial score (nSPS) is 14.2. The summed E-state index contributed by atoms with van der Waals surface area (Å²) in [5, 5.41) is 12.0. The average Bonchev–Trinajstić information content (AvgIpc) is 2.76. The first-order chi connectivity index (χ1) is 16.2. The van der Waals surface area contributed by atoms with Crippen molar-refractivity contribution in [1.29, 1.82) is 0 Å². The van der Waals surface area contributed by atoms with E-state index in [1.807, 2.05) is 43.3 Å². The smallest absolute Gasteiger partial charge is 0.410 e. The number of hydrogen-bond donors (Lipinski definition) is 1. The lowest BCUT2D eigenvalue weighted by Crippen LogP contribution is -2.66. The highest BCUT2D eigenvalue weighted by Crippen LogP contribution is 2.37. The predicted octanol–water partition coefficient (Wildman–Crippen LogP) is 4.91. The number of carbonyl (C=O) groups is 2. The van der Waals surface area contributed by atoms with E-state index in [1.165, 1.54) is 22.3 Å². The minimum absolute atomic E-state index is 0.109.